The Balaban J connectivity index is 2.16. The van der Waals surface area contributed by atoms with Gasteiger partial charge in [-0.2, -0.15) is 0 Å². The third kappa shape index (κ3) is 2.66. The first-order chi connectivity index (χ1) is 10.6. The third-order valence-electron chi connectivity index (χ3n) is 3.77. The fraction of sp³-hybridized carbons (Fsp3) is 0.312. The van der Waals surface area contributed by atoms with Gasteiger partial charge in [0.15, 0.2) is 5.16 Å². The summed E-state index contributed by atoms with van der Waals surface area (Å²) in [6.07, 6.45) is 0.267. The Hall–Kier alpha value is -2.08. The van der Waals surface area contributed by atoms with E-state index in [1.165, 1.54) is 11.8 Å². The van der Waals surface area contributed by atoms with E-state index in [-0.39, 0.29) is 23.8 Å². The van der Waals surface area contributed by atoms with Crippen molar-refractivity contribution in [3.8, 4) is 0 Å². The summed E-state index contributed by atoms with van der Waals surface area (Å²) in [6.45, 7) is 3.98. The predicted molar refractivity (Wildman–Crippen MR) is 87.5 cm³/mol. The quantitative estimate of drug-likeness (QED) is 0.674. The van der Waals surface area contributed by atoms with Gasteiger partial charge < -0.3 is 10.3 Å². The molecule has 2 aromatic rings. The number of anilines is 1. The second-order valence-electron chi connectivity index (χ2n) is 5.23. The summed E-state index contributed by atoms with van der Waals surface area (Å²) in [5, 5.41) is 3.27. The zero-order chi connectivity index (χ0) is 15.7. The molecule has 5 nitrogen and oxygen atoms in total. The number of aryl methyl sites for hydroxylation is 1. The number of hydrogen-bond donors (Lipinski definition) is 2. The largest absolute Gasteiger partial charge is 0.310 e. The lowest BCUT2D eigenvalue weighted by atomic mass is 9.84. The van der Waals surface area contributed by atoms with E-state index in [1.54, 1.807) is 0 Å². The summed E-state index contributed by atoms with van der Waals surface area (Å²) in [7, 11) is 0. The summed E-state index contributed by atoms with van der Waals surface area (Å²) < 4.78 is 0. The van der Waals surface area contributed by atoms with Gasteiger partial charge in [-0.15, -0.1) is 0 Å². The number of carbonyl (C=O) groups excluding carboxylic acids is 1. The number of nitrogens with zero attached hydrogens (tertiary/aromatic N) is 1. The van der Waals surface area contributed by atoms with E-state index in [0.29, 0.717) is 16.5 Å². The Bertz CT molecular complexity index is 785. The zero-order valence-electron chi connectivity index (χ0n) is 12.5. The van der Waals surface area contributed by atoms with Crippen molar-refractivity contribution in [1.29, 1.82) is 0 Å². The van der Waals surface area contributed by atoms with E-state index in [9.17, 15) is 9.59 Å². The molecule has 1 atom stereocenters. The molecule has 0 aliphatic carbocycles. The number of carbonyl (C=O) groups is 1. The minimum atomic E-state index is -0.248. The highest BCUT2D eigenvalue weighted by molar-refractivity contribution is 7.99. The number of nitrogens with one attached hydrogen (secondary N) is 2. The van der Waals surface area contributed by atoms with Crippen molar-refractivity contribution in [1.82, 2.24) is 9.97 Å². The molecule has 0 saturated carbocycles. The van der Waals surface area contributed by atoms with Crippen LogP contribution in [0.5, 0.6) is 0 Å². The Kier molecular flexibility index (Phi) is 4.02. The van der Waals surface area contributed by atoms with Gasteiger partial charge in [0, 0.05) is 12.3 Å². The van der Waals surface area contributed by atoms with Crippen LogP contribution in [0.15, 0.2) is 34.2 Å². The molecule has 1 amide bonds. The van der Waals surface area contributed by atoms with E-state index < -0.39 is 0 Å². The molecule has 0 bridgehead atoms. The van der Waals surface area contributed by atoms with Crippen molar-refractivity contribution in [3.63, 3.8) is 0 Å². The molecular formula is C16H17N3O2S. The lowest BCUT2D eigenvalue weighted by Crippen LogP contribution is -2.31. The van der Waals surface area contributed by atoms with Gasteiger partial charge in [-0.1, -0.05) is 43.0 Å². The lowest BCUT2D eigenvalue weighted by molar-refractivity contribution is -0.116. The zero-order valence-corrected chi connectivity index (χ0v) is 13.3. The molecule has 0 radical (unpaired) electrons. The van der Waals surface area contributed by atoms with Crippen molar-refractivity contribution in [2.24, 2.45) is 0 Å². The van der Waals surface area contributed by atoms with Gasteiger partial charge in [0.05, 0.1) is 5.56 Å². The number of thioether (sulfide) groups is 1. The topological polar surface area (TPSA) is 74.8 Å². The molecule has 0 fully saturated rings. The van der Waals surface area contributed by atoms with Gasteiger partial charge in [0.1, 0.15) is 5.82 Å². The first kappa shape index (κ1) is 14.8. The Morgan fingerprint density at radius 3 is 2.82 bits per heavy atom. The number of aromatic nitrogens is 2. The Morgan fingerprint density at radius 1 is 1.32 bits per heavy atom. The fourth-order valence-electron chi connectivity index (χ4n) is 2.80. The van der Waals surface area contributed by atoms with Crippen LogP contribution in [0, 0.1) is 6.92 Å². The second-order valence-corrected chi connectivity index (χ2v) is 6.48. The molecule has 1 aromatic heterocycles. The fourth-order valence-corrected chi connectivity index (χ4v) is 3.39. The highest BCUT2D eigenvalue weighted by Crippen LogP contribution is 2.35. The van der Waals surface area contributed by atoms with Crippen molar-refractivity contribution in [2.75, 3.05) is 11.1 Å². The van der Waals surface area contributed by atoms with Crippen LogP contribution in [0.4, 0.5) is 5.82 Å². The molecule has 1 aliphatic heterocycles. The summed E-state index contributed by atoms with van der Waals surface area (Å²) in [4.78, 5) is 31.7. The Morgan fingerprint density at radius 2 is 2.09 bits per heavy atom. The average Bonchev–Trinajstić information content (AvgIpc) is 2.46. The molecule has 0 spiro atoms. The van der Waals surface area contributed by atoms with Crippen LogP contribution in [0.3, 0.4) is 0 Å². The molecule has 0 saturated heterocycles. The number of rotatable bonds is 3. The molecule has 1 aromatic carbocycles. The van der Waals surface area contributed by atoms with Gasteiger partial charge in [-0.25, -0.2) is 4.98 Å². The lowest BCUT2D eigenvalue weighted by Gasteiger charge is -2.25. The van der Waals surface area contributed by atoms with Gasteiger partial charge in [-0.3, -0.25) is 9.59 Å². The molecule has 1 aliphatic rings. The Labute approximate surface area is 132 Å². The smallest absolute Gasteiger partial charge is 0.257 e. The molecule has 22 heavy (non-hydrogen) atoms. The first-order valence-corrected chi connectivity index (χ1v) is 8.21. The van der Waals surface area contributed by atoms with Crippen molar-refractivity contribution in [3.05, 3.63) is 51.3 Å². The maximum atomic E-state index is 12.5. The monoisotopic (exact) mass is 315 g/mol. The van der Waals surface area contributed by atoms with Crippen LogP contribution in [0.25, 0.3) is 0 Å². The molecular weight excluding hydrogens is 298 g/mol. The van der Waals surface area contributed by atoms with E-state index in [2.05, 4.69) is 15.3 Å². The SMILES string of the molecule is CCSc1nc2c(c(=O)[nH]1)[C@H](c1ccccc1C)CC(=O)N2. The van der Waals surface area contributed by atoms with Gasteiger partial charge >= 0.3 is 0 Å². The molecule has 114 valence electrons. The maximum Gasteiger partial charge on any atom is 0.257 e. The number of aromatic amines is 1. The summed E-state index contributed by atoms with van der Waals surface area (Å²) in [6, 6.07) is 7.84. The van der Waals surface area contributed by atoms with E-state index >= 15 is 0 Å². The van der Waals surface area contributed by atoms with Gasteiger partial charge in [0.2, 0.25) is 5.91 Å². The normalized spacial score (nSPS) is 17.0. The number of hydrogen-bond acceptors (Lipinski definition) is 4. The van der Waals surface area contributed by atoms with Crippen LogP contribution in [-0.4, -0.2) is 21.6 Å². The maximum absolute atomic E-state index is 12.5. The van der Waals surface area contributed by atoms with Gasteiger partial charge in [-0.05, 0) is 23.8 Å². The highest BCUT2D eigenvalue weighted by Gasteiger charge is 2.31. The van der Waals surface area contributed by atoms with E-state index in [4.69, 9.17) is 0 Å². The van der Waals surface area contributed by atoms with Crippen LogP contribution in [0.1, 0.15) is 36.0 Å². The van der Waals surface area contributed by atoms with Crippen molar-refractivity contribution in [2.45, 2.75) is 31.3 Å². The molecule has 2 N–H and O–H groups in total. The van der Waals surface area contributed by atoms with Crippen molar-refractivity contribution < 1.29 is 4.79 Å². The molecule has 3 rings (SSSR count). The summed E-state index contributed by atoms with van der Waals surface area (Å²) in [5.41, 5.74) is 2.45. The summed E-state index contributed by atoms with van der Waals surface area (Å²) in [5.74, 6) is 0.842. The molecule has 2 heterocycles. The number of fused-ring (bicyclic) bond motifs is 1. The van der Waals surface area contributed by atoms with Gasteiger partial charge in [0.25, 0.3) is 5.56 Å². The first-order valence-electron chi connectivity index (χ1n) is 7.22. The number of amides is 1. The molecule has 0 unspecified atom stereocenters. The minimum absolute atomic E-state index is 0.105. The predicted octanol–water partition coefficient (Wildman–Crippen LogP) is 2.66. The second kappa shape index (κ2) is 5.96. The van der Waals surface area contributed by atoms with Crippen LogP contribution in [0.2, 0.25) is 0 Å². The molecule has 6 heteroatoms. The highest BCUT2D eigenvalue weighted by atomic mass is 32.2. The average molecular weight is 315 g/mol. The standard InChI is InChI=1S/C16H17N3O2S/c1-3-22-16-18-14-13(15(21)19-16)11(8-12(20)17-14)10-7-5-4-6-9(10)2/h4-7,11H,3,8H2,1-2H3,(H2,17,18,19,20,21)/t11-/m0/s1. The number of H-pyrrole nitrogens is 1. The minimum Gasteiger partial charge on any atom is -0.310 e. The summed E-state index contributed by atoms with van der Waals surface area (Å²) >= 11 is 1.45. The number of benzene rings is 1. The van der Waals surface area contributed by atoms with Crippen LogP contribution < -0.4 is 10.9 Å². The van der Waals surface area contributed by atoms with Crippen molar-refractivity contribution >= 4 is 23.5 Å². The van der Waals surface area contributed by atoms with E-state index in [0.717, 1.165) is 16.9 Å². The van der Waals surface area contributed by atoms with Crippen LogP contribution in [-0.2, 0) is 4.79 Å². The van der Waals surface area contributed by atoms with Crippen LogP contribution >= 0.6 is 11.8 Å². The van der Waals surface area contributed by atoms with E-state index in [1.807, 2.05) is 38.1 Å². The third-order valence-corrected chi connectivity index (χ3v) is 4.53.